The van der Waals surface area contributed by atoms with Crippen LogP contribution in [0.15, 0.2) is 28.0 Å². The van der Waals surface area contributed by atoms with E-state index in [1.54, 1.807) is 4.90 Å². The van der Waals surface area contributed by atoms with Gasteiger partial charge in [-0.15, -0.1) is 11.8 Å². The first-order valence-electron chi connectivity index (χ1n) is 6.59. The Bertz CT molecular complexity index is 669. The Labute approximate surface area is 133 Å². The van der Waals surface area contributed by atoms with Crippen molar-refractivity contribution in [3.63, 3.8) is 0 Å². The van der Waals surface area contributed by atoms with Crippen molar-refractivity contribution in [2.45, 2.75) is 23.6 Å². The molecule has 0 aliphatic rings. The number of nitrogens with zero attached hydrogens (tertiary/aromatic N) is 2. The zero-order valence-corrected chi connectivity index (χ0v) is 14.2. The maximum absolute atomic E-state index is 11.9. The molecule has 0 bridgehead atoms. The van der Waals surface area contributed by atoms with Crippen LogP contribution in [-0.4, -0.2) is 49.2 Å². The summed E-state index contributed by atoms with van der Waals surface area (Å²) in [6.45, 7) is 4.86. The van der Waals surface area contributed by atoms with E-state index in [9.17, 15) is 23.3 Å². The van der Waals surface area contributed by atoms with Crippen LogP contribution in [0, 0.1) is 10.1 Å². The number of hydrogen-bond acceptors (Lipinski definition) is 6. The summed E-state index contributed by atoms with van der Waals surface area (Å²) < 4.78 is 22.9. The highest BCUT2D eigenvalue weighted by atomic mass is 32.2. The fourth-order valence-electron chi connectivity index (χ4n) is 1.80. The van der Waals surface area contributed by atoms with Gasteiger partial charge in [0.25, 0.3) is 5.69 Å². The molecule has 0 atom stereocenters. The average Bonchev–Trinajstić information content (AvgIpc) is 2.45. The summed E-state index contributed by atoms with van der Waals surface area (Å²) in [5.41, 5.74) is -0.305. The highest BCUT2D eigenvalue weighted by Crippen LogP contribution is 2.31. The van der Waals surface area contributed by atoms with Crippen molar-refractivity contribution in [1.82, 2.24) is 4.90 Å². The largest absolute Gasteiger partial charge is 0.343 e. The normalized spacial score (nSPS) is 11.2. The molecule has 0 radical (unpaired) electrons. The van der Waals surface area contributed by atoms with Crippen LogP contribution < -0.4 is 0 Å². The second-order valence-corrected chi connectivity index (χ2v) is 7.55. The quantitative estimate of drug-likeness (QED) is 0.425. The first-order chi connectivity index (χ1) is 10.2. The van der Waals surface area contributed by atoms with Crippen molar-refractivity contribution in [1.29, 1.82) is 0 Å². The number of carbonyl (C=O) groups excluding carboxylic acids is 1. The molecule has 0 aliphatic carbocycles. The van der Waals surface area contributed by atoms with Crippen LogP contribution in [0.2, 0.25) is 0 Å². The third-order valence-corrected chi connectivity index (χ3v) is 5.18. The molecule has 22 heavy (non-hydrogen) atoms. The van der Waals surface area contributed by atoms with E-state index >= 15 is 0 Å². The van der Waals surface area contributed by atoms with Crippen LogP contribution in [0.25, 0.3) is 0 Å². The molecule has 0 N–H and O–H groups in total. The second kappa shape index (κ2) is 7.59. The fourth-order valence-corrected chi connectivity index (χ4v) is 3.35. The maximum Gasteiger partial charge on any atom is 0.284 e. The van der Waals surface area contributed by atoms with Gasteiger partial charge in [-0.2, -0.15) is 0 Å². The van der Waals surface area contributed by atoms with E-state index < -0.39 is 14.8 Å². The highest BCUT2D eigenvalue weighted by Gasteiger charge is 2.20. The van der Waals surface area contributed by atoms with Crippen LogP contribution in [0.3, 0.4) is 0 Å². The topological polar surface area (TPSA) is 97.6 Å². The third kappa shape index (κ3) is 4.70. The molecule has 1 aromatic rings. The molecule has 0 aliphatic heterocycles. The summed E-state index contributed by atoms with van der Waals surface area (Å²) in [5, 5.41) is 11.1. The van der Waals surface area contributed by atoms with E-state index in [2.05, 4.69) is 0 Å². The number of carbonyl (C=O) groups is 1. The zero-order valence-electron chi connectivity index (χ0n) is 12.6. The Balaban J connectivity index is 3.01. The predicted octanol–water partition coefficient (Wildman–Crippen LogP) is 1.96. The average molecular weight is 346 g/mol. The van der Waals surface area contributed by atoms with Gasteiger partial charge in [0.1, 0.15) is 0 Å². The molecule has 0 aromatic heterocycles. The van der Waals surface area contributed by atoms with Crippen molar-refractivity contribution in [2.75, 3.05) is 25.1 Å². The summed E-state index contributed by atoms with van der Waals surface area (Å²) in [6, 6.07) is 3.71. The molecule has 0 spiro atoms. The predicted molar refractivity (Wildman–Crippen MR) is 84.9 cm³/mol. The maximum atomic E-state index is 11.9. The molecule has 1 aromatic carbocycles. The molecule has 7 nitrogen and oxygen atoms in total. The van der Waals surface area contributed by atoms with Crippen molar-refractivity contribution in [3.05, 3.63) is 28.3 Å². The minimum Gasteiger partial charge on any atom is -0.343 e. The Morgan fingerprint density at radius 2 is 1.91 bits per heavy atom. The van der Waals surface area contributed by atoms with E-state index in [0.717, 1.165) is 24.1 Å². The summed E-state index contributed by atoms with van der Waals surface area (Å²) >= 11 is 1.03. The van der Waals surface area contributed by atoms with Crippen molar-refractivity contribution < 1.29 is 18.1 Å². The van der Waals surface area contributed by atoms with Gasteiger partial charge in [-0.05, 0) is 26.0 Å². The van der Waals surface area contributed by atoms with Gasteiger partial charge in [-0.3, -0.25) is 14.9 Å². The molecule has 0 saturated heterocycles. The molecule has 122 valence electrons. The third-order valence-electron chi connectivity index (χ3n) is 3.02. The summed E-state index contributed by atoms with van der Waals surface area (Å²) in [6.07, 6.45) is 0.989. The molecule has 1 amide bonds. The van der Waals surface area contributed by atoms with Crippen molar-refractivity contribution in [3.8, 4) is 0 Å². The van der Waals surface area contributed by atoms with Gasteiger partial charge < -0.3 is 4.90 Å². The standard InChI is InChI=1S/C13H18N2O5S2/c1-4-14(5-2)13(16)9-21-12-7-6-10(22(3,19)20)8-11(12)15(17)18/h6-8H,4-5,9H2,1-3H3. The van der Waals surface area contributed by atoms with Crippen LogP contribution in [0.1, 0.15) is 13.8 Å². The molecule has 0 saturated carbocycles. The number of hydrogen-bond donors (Lipinski definition) is 0. The van der Waals surface area contributed by atoms with Gasteiger partial charge in [-0.1, -0.05) is 0 Å². The number of thioether (sulfide) groups is 1. The van der Waals surface area contributed by atoms with E-state index in [1.807, 2.05) is 13.8 Å². The van der Waals surface area contributed by atoms with Crippen molar-refractivity contribution >= 4 is 33.2 Å². The fraction of sp³-hybridized carbons (Fsp3) is 0.462. The Kier molecular flexibility index (Phi) is 6.36. The number of sulfone groups is 1. The molecule has 0 heterocycles. The SMILES string of the molecule is CCN(CC)C(=O)CSc1ccc(S(C)(=O)=O)cc1[N+](=O)[O-]. The van der Waals surface area contributed by atoms with Gasteiger partial charge in [0.15, 0.2) is 9.84 Å². The number of nitro groups is 1. The van der Waals surface area contributed by atoms with Gasteiger partial charge in [0.05, 0.1) is 20.5 Å². The van der Waals surface area contributed by atoms with Crippen molar-refractivity contribution in [2.24, 2.45) is 0 Å². The molecule has 9 heteroatoms. The van der Waals surface area contributed by atoms with Gasteiger partial charge in [0.2, 0.25) is 5.91 Å². The van der Waals surface area contributed by atoms with Gasteiger partial charge in [-0.25, -0.2) is 8.42 Å². The molecular formula is C13H18N2O5S2. The van der Waals surface area contributed by atoms with E-state index in [-0.39, 0.29) is 27.1 Å². The van der Waals surface area contributed by atoms with Crippen LogP contribution in [0.5, 0.6) is 0 Å². The number of amides is 1. The van der Waals surface area contributed by atoms with E-state index in [0.29, 0.717) is 13.1 Å². The summed E-state index contributed by atoms with van der Waals surface area (Å²) in [7, 11) is -3.52. The first-order valence-corrected chi connectivity index (χ1v) is 9.47. The minimum atomic E-state index is -3.52. The lowest BCUT2D eigenvalue weighted by Gasteiger charge is -2.18. The minimum absolute atomic E-state index is 0.0702. The molecule has 0 fully saturated rings. The first kappa shape index (κ1) is 18.4. The van der Waals surface area contributed by atoms with Crippen LogP contribution in [-0.2, 0) is 14.6 Å². The van der Waals surface area contributed by atoms with Gasteiger partial charge >= 0.3 is 0 Å². The number of benzene rings is 1. The Morgan fingerprint density at radius 3 is 2.36 bits per heavy atom. The number of nitro benzene ring substituents is 1. The smallest absolute Gasteiger partial charge is 0.284 e. The van der Waals surface area contributed by atoms with Crippen LogP contribution >= 0.6 is 11.8 Å². The molecular weight excluding hydrogens is 328 g/mol. The lowest BCUT2D eigenvalue weighted by Crippen LogP contribution is -2.31. The van der Waals surface area contributed by atoms with Crippen LogP contribution in [0.4, 0.5) is 5.69 Å². The molecule has 0 unspecified atom stereocenters. The zero-order chi connectivity index (χ0) is 16.9. The number of rotatable bonds is 7. The monoisotopic (exact) mass is 346 g/mol. The molecule has 1 rings (SSSR count). The van der Waals surface area contributed by atoms with E-state index in [4.69, 9.17) is 0 Å². The van der Waals surface area contributed by atoms with E-state index in [1.165, 1.54) is 12.1 Å². The highest BCUT2D eigenvalue weighted by molar-refractivity contribution is 8.00. The lowest BCUT2D eigenvalue weighted by molar-refractivity contribution is -0.388. The summed E-state index contributed by atoms with van der Waals surface area (Å²) in [5.74, 6) is -0.0442. The Morgan fingerprint density at radius 1 is 1.32 bits per heavy atom. The Hall–Kier alpha value is -1.61. The summed E-state index contributed by atoms with van der Waals surface area (Å²) in [4.78, 5) is 24.2. The second-order valence-electron chi connectivity index (χ2n) is 4.51. The lowest BCUT2D eigenvalue weighted by atomic mass is 10.3. The van der Waals surface area contributed by atoms with Gasteiger partial charge in [0, 0.05) is 25.4 Å².